The SMILES string of the molecule is CC(=O)Oc1cc(OC(C)C)c2cccc(NS(C)(=O)=O)c2c1OC(C)=O. The van der Waals surface area contributed by atoms with Gasteiger partial charge in [0.05, 0.1) is 23.4 Å². The number of ether oxygens (including phenoxy) is 3. The van der Waals surface area contributed by atoms with Crippen LogP contribution in [-0.2, 0) is 19.6 Å². The van der Waals surface area contributed by atoms with Crippen molar-refractivity contribution in [2.45, 2.75) is 33.8 Å². The Morgan fingerprint density at radius 2 is 1.67 bits per heavy atom. The summed E-state index contributed by atoms with van der Waals surface area (Å²) in [5.41, 5.74) is 0.161. The van der Waals surface area contributed by atoms with Crippen molar-refractivity contribution in [2.24, 2.45) is 0 Å². The third-order valence-electron chi connectivity index (χ3n) is 3.20. The normalized spacial score (nSPS) is 11.3. The van der Waals surface area contributed by atoms with Crippen molar-refractivity contribution in [3.05, 3.63) is 24.3 Å². The molecule has 2 aromatic carbocycles. The monoisotopic (exact) mass is 395 g/mol. The van der Waals surface area contributed by atoms with E-state index in [0.29, 0.717) is 11.1 Å². The smallest absolute Gasteiger partial charge is 0.308 e. The molecule has 2 rings (SSSR count). The van der Waals surface area contributed by atoms with Gasteiger partial charge >= 0.3 is 11.9 Å². The molecule has 0 aromatic heterocycles. The summed E-state index contributed by atoms with van der Waals surface area (Å²) in [5.74, 6) is -1.06. The highest BCUT2D eigenvalue weighted by molar-refractivity contribution is 7.92. The molecular formula is C18H21NO7S. The number of nitrogens with one attached hydrogen (secondary N) is 1. The first-order valence-electron chi connectivity index (χ1n) is 8.09. The van der Waals surface area contributed by atoms with Crippen molar-refractivity contribution in [1.82, 2.24) is 0 Å². The molecule has 1 N–H and O–H groups in total. The van der Waals surface area contributed by atoms with Crippen LogP contribution in [0.5, 0.6) is 17.2 Å². The number of esters is 2. The van der Waals surface area contributed by atoms with Crippen LogP contribution in [0.15, 0.2) is 24.3 Å². The Labute approximate surface area is 157 Å². The van der Waals surface area contributed by atoms with Gasteiger partial charge < -0.3 is 14.2 Å². The van der Waals surface area contributed by atoms with Gasteiger partial charge in [-0.15, -0.1) is 0 Å². The van der Waals surface area contributed by atoms with E-state index in [1.54, 1.807) is 12.1 Å². The molecule has 0 saturated heterocycles. The molecule has 0 fully saturated rings. The van der Waals surface area contributed by atoms with E-state index in [2.05, 4.69) is 4.72 Å². The van der Waals surface area contributed by atoms with Crippen molar-refractivity contribution in [3.63, 3.8) is 0 Å². The van der Waals surface area contributed by atoms with Crippen LogP contribution in [0, 0.1) is 0 Å². The molecule has 0 bridgehead atoms. The van der Waals surface area contributed by atoms with Gasteiger partial charge in [-0.2, -0.15) is 0 Å². The lowest BCUT2D eigenvalue weighted by Crippen LogP contribution is -2.13. The van der Waals surface area contributed by atoms with Crippen molar-refractivity contribution in [3.8, 4) is 17.2 Å². The summed E-state index contributed by atoms with van der Waals surface area (Å²) in [4.78, 5) is 23.1. The van der Waals surface area contributed by atoms with Crippen LogP contribution < -0.4 is 18.9 Å². The van der Waals surface area contributed by atoms with Crippen LogP contribution in [0.1, 0.15) is 27.7 Å². The summed E-state index contributed by atoms with van der Waals surface area (Å²) in [7, 11) is -3.62. The summed E-state index contributed by atoms with van der Waals surface area (Å²) >= 11 is 0. The molecule has 146 valence electrons. The number of rotatable bonds is 6. The first kappa shape index (κ1) is 20.5. The molecule has 2 aromatic rings. The molecule has 27 heavy (non-hydrogen) atoms. The molecule has 0 aliphatic heterocycles. The molecule has 0 aliphatic carbocycles. The highest BCUT2D eigenvalue weighted by atomic mass is 32.2. The van der Waals surface area contributed by atoms with Gasteiger partial charge in [-0.05, 0) is 19.9 Å². The first-order chi connectivity index (χ1) is 12.5. The van der Waals surface area contributed by atoms with Gasteiger partial charge in [0.15, 0.2) is 11.5 Å². The van der Waals surface area contributed by atoms with Crippen molar-refractivity contribution in [1.29, 1.82) is 0 Å². The Bertz CT molecular complexity index is 996. The van der Waals surface area contributed by atoms with E-state index in [9.17, 15) is 18.0 Å². The minimum absolute atomic E-state index is 0.0522. The van der Waals surface area contributed by atoms with Crippen LogP contribution in [0.2, 0.25) is 0 Å². The fourth-order valence-corrected chi connectivity index (χ4v) is 3.07. The van der Waals surface area contributed by atoms with Crippen LogP contribution in [-0.4, -0.2) is 32.7 Å². The Morgan fingerprint density at radius 1 is 1.04 bits per heavy atom. The van der Waals surface area contributed by atoms with Crippen molar-refractivity contribution in [2.75, 3.05) is 11.0 Å². The maximum Gasteiger partial charge on any atom is 0.308 e. The van der Waals surface area contributed by atoms with Gasteiger partial charge in [-0.3, -0.25) is 14.3 Å². The summed E-state index contributed by atoms with van der Waals surface area (Å²) < 4.78 is 42.2. The van der Waals surface area contributed by atoms with E-state index < -0.39 is 22.0 Å². The summed E-state index contributed by atoms with van der Waals surface area (Å²) in [6, 6.07) is 6.26. The summed E-state index contributed by atoms with van der Waals surface area (Å²) in [5, 5.41) is 0.733. The van der Waals surface area contributed by atoms with E-state index in [0.717, 1.165) is 6.26 Å². The first-order valence-corrected chi connectivity index (χ1v) is 9.98. The second kappa shape index (κ2) is 7.83. The minimum atomic E-state index is -3.62. The molecule has 0 atom stereocenters. The highest BCUT2D eigenvalue weighted by Gasteiger charge is 2.22. The largest absolute Gasteiger partial charge is 0.490 e. The van der Waals surface area contributed by atoms with Crippen molar-refractivity contribution >= 4 is 38.4 Å². The number of benzene rings is 2. The predicted octanol–water partition coefficient (Wildman–Crippen LogP) is 2.85. The number of hydrogen-bond donors (Lipinski definition) is 1. The number of anilines is 1. The topological polar surface area (TPSA) is 108 Å². The van der Waals surface area contributed by atoms with Gasteiger partial charge in [0.25, 0.3) is 0 Å². The van der Waals surface area contributed by atoms with Gasteiger partial charge in [0.2, 0.25) is 10.0 Å². The number of fused-ring (bicyclic) bond motifs is 1. The maximum atomic E-state index is 11.8. The molecule has 0 amide bonds. The Hall–Kier alpha value is -2.81. The second-order valence-corrected chi connectivity index (χ2v) is 7.91. The Morgan fingerprint density at radius 3 is 2.19 bits per heavy atom. The molecule has 0 aliphatic rings. The molecule has 8 nitrogen and oxygen atoms in total. The number of hydrogen-bond acceptors (Lipinski definition) is 7. The lowest BCUT2D eigenvalue weighted by molar-refractivity contribution is -0.134. The van der Waals surface area contributed by atoms with E-state index in [1.165, 1.54) is 26.0 Å². The predicted molar refractivity (Wildman–Crippen MR) is 101 cm³/mol. The fraction of sp³-hybridized carbons (Fsp3) is 0.333. The Kier molecular flexibility index (Phi) is 5.94. The summed E-state index contributed by atoms with van der Waals surface area (Å²) in [6.07, 6.45) is 0.795. The third-order valence-corrected chi connectivity index (χ3v) is 3.79. The molecule has 0 spiro atoms. The maximum absolute atomic E-state index is 11.8. The molecule has 9 heteroatoms. The van der Waals surface area contributed by atoms with E-state index in [4.69, 9.17) is 14.2 Å². The second-order valence-electron chi connectivity index (χ2n) is 6.16. The van der Waals surface area contributed by atoms with E-state index in [1.807, 2.05) is 13.8 Å². The van der Waals surface area contributed by atoms with Gasteiger partial charge in [-0.25, -0.2) is 8.42 Å². The summed E-state index contributed by atoms with van der Waals surface area (Å²) in [6.45, 7) is 6.02. The molecule has 0 saturated carbocycles. The number of carbonyl (C=O) groups is 2. The van der Waals surface area contributed by atoms with Crippen molar-refractivity contribution < 1.29 is 32.2 Å². The third kappa shape index (κ3) is 5.33. The standard InChI is InChI=1S/C18H21NO7S/c1-10(2)24-15-9-16(25-11(3)20)18(26-12(4)21)17-13(15)7-6-8-14(17)19-27(5,22)23/h6-10,19H,1-5H3. The van der Waals surface area contributed by atoms with Crippen LogP contribution in [0.3, 0.4) is 0 Å². The van der Waals surface area contributed by atoms with E-state index in [-0.39, 0.29) is 28.7 Å². The van der Waals surface area contributed by atoms with Crippen LogP contribution in [0.25, 0.3) is 10.8 Å². The van der Waals surface area contributed by atoms with E-state index >= 15 is 0 Å². The fourth-order valence-electron chi connectivity index (χ4n) is 2.50. The van der Waals surface area contributed by atoms with Crippen LogP contribution in [0.4, 0.5) is 5.69 Å². The zero-order valence-corrected chi connectivity index (χ0v) is 16.5. The van der Waals surface area contributed by atoms with Gasteiger partial charge in [-0.1, -0.05) is 12.1 Å². The molecule has 0 unspecified atom stereocenters. The average Bonchev–Trinajstić information content (AvgIpc) is 2.48. The molecular weight excluding hydrogens is 374 g/mol. The lowest BCUT2D eigenvalue weighted by Gasteiger charge is -2.19. The quantitative estimate of drug-likeness (QED) is 0.592. The average molecular weight is 395 g/mol. The molecule has 0 radical (unpaired) electrons. The Balaban J connectivity index is 2.91. The molecule has 0 heterocycles. The number of sulfonamides is 1. The van der Waals surface area contributed by atoms with Gasteiger partial charge in [0, 0.05) is 25.3 Å². The zero-order valence-electron chi connectivity index (χ0n) is 15.7. The minimum Gasteiger partial charge on any atom is -0.490 e. The highest BCUT2D eigenvalue weighted by Crippen LogP contribution is 2.45. The van der Waals surface area contributed by atoms with Crippen LogP contribution >= 0.6 is 0 Å². The number of carbonyl (C=O) groups excluding carboxylic acids is 2. The zero-order chi connectivity index (χ0) is 20.4. The lowest BCUT2D eigenvalue weighted by atomic mass is 10.1. The van der Waals surface area contributed by atoms with Gasteiger partial charge in [0.1, 0.15) is 5.75 Å².